The molecule has 7 nitrogen and oxygen atoms in total. The molecule has 0 aliphatic carbocycles. The Balaban J connectivity index is 1.22. The number of pyridine rings is 1. The first-order chi connectivity index (χ1) is 20.6. The van der Waals surface area contributed by atoms with Gasteiger partial charge in [0.1, 0.15) is 12.4 Å². The Kier molecular flexibility index (Phi) is 8.08. The van der Waals surface area contributed by atoms with Crippen LogP contribution >= 0.6 is 0 Å². The van der Waals surface area contributed by atoms with Gasteiger partial charge in [-0.25, -0.2) is 4.98 Å². The Morgan fingerprint density at radius 3 is 2.36 bits per heavy atom. The zero-order valence-electron chi connectivity index (χ0n) is 24.1. The molecule has 0 radical (unpaired) electrons. The standard InChI is InChI=1S/C35H36N4O3/c1-26-9-6-7-12-30(26)31(23-34(40)38-21-19-37(20-22-38)28-14-16-29(41-2)17-15-28)32-24-36-35-33(13-8-18-39(32)35)42-25-27-10-4-3-5-11-27/h3-18,24,31H,19-23,25H2,1-2H3. The summed E-state index contributed by atoms with van der Waals surface area (Å²) in [5, 5.41) is 0. The number of rotatable bonds is 9. The van der Waals surface area contributed by atoms with Crippen molar-refractivity contribution in [2.75, 3.05) is 38.2 Å². The van der Waals surface area contributed by atoms with Gasteiger partial charge in [0, 0.05) is 56.6 Å². The molecule has 1 amide bonds. The lowest BCUT2D eigenvalue weighted by molar-refractivity contribution is -0.131. The van der Waals surface area contributed by atoms with E-state index in [1.807, 2.05) is 84.0 Å². The number of methoxy groups -OCH3 is 1. The smallest absolute Gasteiger partial charge is 0.223 e. The molecule has 3 heterocycles. The van der Waals surface area contributed by atoms with Crippen LogP contribution in [-0.2, 0) is 11.4 Å². The summed E-state index contributed by atoms with van der Waals surface area (Å²) in [4.78, 5) is 22.9. The lowest BCUT2D eigenvalue weighted by Crippen LogP contribution is -2.49. The van der Waals surface area contributed by atoms with Crippen LogP contribution in [0.1, 0.15) is 34.7 Å². The van der Waals surface area contributed by atoms with E-state index in [0.717, 1.165) is 58.3 Å². The normalized spacial score (nSPS) is 14.1. The van der Waals surface area contributed by atoms with Crippen molar-refractivity contribution < 1.29 is 14.3 Å². The van der Waals surface area contributed by atoms with Gasteiger partial charge in [-0.2, -0.15) is 0 Å². The molecule has 0 bridgehead atoms. The molecule has 1 aliphatic heterocycles. The maximum atomic E-state index is 13.8. The Labute approximate surface area is 246 Å². The third kappa shape index (κ3) is 5.81. The monoisotopic (exact) mass is 560 g/mol. The van der Waals surface area contributed by atoms with Gasteiger partial charge in [0.25, 0.3) is 0 Å². The topological polar surface area (TPSA) is 59.3 Å². The lowest BCUT2D eigenvalue weighted by atomic mass is 9.89. The van der Waals surface area contributed by atoms with E-state index in [1.54, 1.807) is 7.11 Å². The van der Waals surface area contributed by atoms with Gasteiger partial charge in [0.15, 0.2) is 11.4 Å². The minimum Gasteiger partial charge on any atom is -0.497 e. The number of aryl methyl sites for hydroxylation is 1. The van der Waals surface area contributed by atoms with E-state index < -0.39 is 0 Å². The van der Waals surface area contributed by atoms with Gasteiger partial charge in [-0.05, 0) is 60.0 Å². The molecule has 5 aromatic rings. The van der Waals surface area contributed by atoms with Crippen molar-refractivity contribution in [3.63, 3.8) is 0 Å². The minimum absolute atomic E-state index is 0.141. The zero-order valence-corrected chi connectivity index (χ0v) is 24.1. The molecule has 0 saturated carbocycles. The number of piperazine rings is 1. The van der Waals surface area contributed by atoms with Crippen molar-refractivity contribution in [2.45, 2.75) is 25.9 Å². The molecular formula is C35H36N4O3. The Morgan fingerprint density at radius 1 is 0.881 bits per heavy atom. The Bertz CT molecular complexity index is 1640. The predicted molar refractivity (Wildman–Crippen MR) is 165 cm³/mol. The number of hydrogen-bond acceptors (Lipinski definition) is 5. The number of fused-ring (bicyclic) bond motifs is 1. The van der Waals surface area contributed by atoms with Crippen LogP contribution in [0.4, 0.5) is 5.69 Å². The van der Waals surface area contributed by atoms with Crippen LogP contribution in [0, 0.1) is 6.92 Å². The predicted octanol–water partition coefficient (Wildman–Crippen LogP) is 6.10. The average molecular weight is 561 g/mol. The maximum absolute atomic E-state index is 13.8. The fourth-order valence-electron chi connectivity index (χ4n) is 5.77. The second-order valence-electron chi connectivity index (χ2n) is 10.7. The average Bonchev–Trinajstić information content (AvgIpc) is 3.48. The summed E-state index contributed by atoms with van der Waals surface area (Å²) in [7, 11) is 1.68. The Hall–Kier alpha value is -4.78. The Morgan fingerprint density at radius 2 is 1.62 bits per heavy atom. The number of amides is 1. The van der Waals surface area contributed by atoms with Crippen LogP contribution in [0.5, 0.6) is 11.5 Å². The van der Waals surface area contributed by atoms with Crippen LogP contribution in [0.2, 0.25) is 0 Å². The van der Waals surface area contributed by atoms with Crippen LogP contribution in [0.25, 0.3) is 5.65 Å². The summed E-state index contributed by atoms with van der Waals surface area (Å²) < 4.78 is 13.6. The SMILES string of the molecule is COc1ccc(N2CCN(C(=O)CC(c3ccccc3C)c3cnc4c(OCc5ccccc5)cccn34)CC2)cc1. The molecule has 0 N–H and O–H groups in total. The second kappa shape index (κ2) is 12.4. The van der Waals surface area contributed by atoms with Crippen LogP contribution in [0.15, 0.2) is 103 Å². The fraction of sp³-hybridized carbons (Fsp3) is 0.257. The van der Waals surface area contributed by atoms with Gasteiger partial charge in [0.2, 0.25) is 5.91 Å². The van der Waals surface area contributed by atoms with Gasteiger partial charge < -0.3 is 23.7 Å². The second-order valence-corrected chi connectivity index (χ2v) is 10.7. The van der Waals surface area contributed by atoms with E-state index in [2.05, 4.69) is 40.5 Å². The number of anilines is 1. The van der Waals surface area contributed by atoms with E-state index in [0.29, 0.717) is 26.1 Å². The number of aromatic nitrogens is 2. The molecule has 1 unspecified atom stereocenters. The molecular weight excluding hydrogens is 524 g/mol. The summed E-state index contributed by atoms with van der Waals surface area (Å²) in [6.07, 6.45) is 4.28. The fourth-order valence-corrected chi connectivity index (χ4v) is 5.77. The molecule has 214 valence electrons. The van der Waals surface area contributed by atoms with Crippen LogP contribution in [-0.4, -0.2) is 53.5 Å². The summed E-state index contributed by atoms with van der Waals surface area (Å²) in [6, 6.07) is 30.5. The van der Waals surface area contributed by atoms with Crippen molar-refractivity contribution >= 4 is 17.2 Å². The van der Waals surface area contributed by atoms with E-state index in [9.17, 15) is 4.79 Å². The van der Waals surface area contributed by atoms with Gasteiger partial charge >= 0.3 is 0 Å². The number of imidazole rings is 1. The summed E-state index contributed by atoms with van der Waals surface area (Å²) in [6.45, 7) is 5.55. The molecule has 42 heavy (non-hydrogen) atoms. The molecule has 0 spiro atoms. The van der Waals surface area contributed by atoms with Gasteiger partial charge in [-0.3, -0.25) is 4.79 Å². The zero-order chi connectivity index (χ0) is 28.9. The number of nitrogens with zero attached hydrogens (tertiary/aromatic N) is 4. The van der Waals surface area contributed by atoms with Crippen molar-refractivity contribution in [1.29, 1.82) is 0 Å². The number of carbonyl (C=O) groups excluding carboxylic acids is 1. The third-order valence-corrected chi connectivity index (χ3v) is 8.14. The van der Waals surface area contributed by atoms with Crippen LogP contribution in [0.3, 0.4) is 0 Å². The van der Waals surface area contributed by atoms with Crippen molar-refractivity contribution in [1.82, 2.24) is 14.3 Å². The molecule has 1 aliphatic rings. The first-order valence-corrected chi connectivity index (χ1v) is 14.5. The number of ether oxygens (including phenoxy) is 2. The molecule has 1 saturated heterocycles. The number of hydrogen-bond donors (Lipinski definition) is 0. The summed E-state index contributed by atoms with van der Waals surface area (Å²) >= 11 is 0. The minimum atomic E-state index is -0.141. The number of carbonyl (C=O) groups is 1. The molecule has 1 fully saturated rings. The lowest BCUT2D eigenvalue weighted by Gasteiger charge is -2.36. The van der Waals surface area contributed by atoms with Crippen LogP contribution < -0.4 is 14.4 Å². The third-order valence-electron chi connectivity index (χ3n) is 8.14. The summed E-state index contributed by atoms with van der Waals surface area (Å²) in [5.41, 5.74) is 6.28. The van der Waals surface area contributed by atoms with Crippen molar-refractivity contribution in [2.24, 2.45) is 0 Å². The quantitative estimate of drug-likeness (QED) is 0.218. The van der Waals surface area contributed by atoms with E-state index >= 15 is 0 Å². The van der Waals surface area contributed by atoms with Crippen molar-refractivity contribution in [3.05, 3.63) is 126 Å². The van der Waals surface area contributed by atoms with Gasteiger partial charge in [-0.1, -0.05) is 54.6 Å². The highest BCUT2D eigenvalue weighted by atomic mass is 16.5. The molecule has 6 rings (SSSR count). The molecule has 2 aromatic heterocycles. The van der Waals surface area contributed by atoms with E-state index in [1.165, 1.54) is 0 Å². The highest BCUT2D eigenvalue weighted by Crippen LogP contribution is 2.33. The molecule has 1 atom stereocenters. The first-order valence-electron chi connectivity index (χ1n) is 14.5. The van der Waals surface area contributed by atoms with E-state index in [-0.39, 0.29) is 11.8 Å². The van der Waals surface area contributed by atoms with Crippen molar-refractivity contribution in [3.8, 4) is 11.5 Å². The highest BCUT2D eigenvalue weighted by Gasteiger charge is 2.28. The van der Waals surface area contributed by atoms with Gasteiger partial charge in [0.05, 0.1) is 12.8 Å². The highest BCUT2D eigenvalue weighted by molar-refractivity contribution is 5.78. The maximum Gasteiger partial charge on any atom is 0.223 e. The van der Waals surface area contributed by atoms with Gasteiger partial charge in [-0.15, -0.1) is 0 Å². The molecule has 3 aromatic carbocycles. The number of benzene rings is 3. The van der Waals surface area contributed by atoms with E-state index in [4.69, 9.17) is 14.5 Å². The summed E-state index contributed by atoms with van der Waals surface area (Å²) in [5.74, 6) is 1.58. The first kappa shape index (κ1) is 27.4. The molecule has 7 heteroatoms. The largest absolute Gasteiger partial charge is 0.497 e.